The van der Waals surface area contributed by atoms with Crippen molar-refractivity contribution in [3.63, 3.8) is 0 Å². The molecular weight excluding hydrogens is 186 g/mol. The third-order valence-electron chi connectivity index (χ3n) is 2.93. The van der Waals surface area contributed by atoms with Crippen molar-refractivity contribution in [2.75, 3.05) is 0 Å². The summed E-state index contributed by atoms with van der Waals surface area (Å²) in [6, 6.07) is 10.3. The van der Waals surface area contributed by atoms with Crippen LogP contribution in [0.1, 0.15) is 26.3 Å². The fraction of sp³-hybridized carbons (Fsp3) is 0.462. The summed E-state index contributed by atoms with van der Waals surface area (Å²) >= 11 is 0. The molecule has 1 aliphatic heterocycles. The van der Waals surface area contributed by atoms with Crippen LogP contribution in [0, 0.1) is 11.8 Å². The normalized spacial score (nSPS) is 25.2. The Bertz CT molecular complexity index is 356. The van der Waals surface area contributed by atoms with Crippen molar-refractivity contribution in [2.24, 2.45) is 17.0 Å². The quantitative estimate of drug-likeness (QED) is 0.723. The van der Waals surface area contributed by atoms with Crippen molar-refractivity contribution >= 4 is 5.71 Å². The summed E-state index contributed by atoms with van der Waals surface area (Å²) in [5.41, 5.74) is 2.28. The zero-order valence-corrected chi connectivity index (χ0v) is 9.47. The van der Waals surface area contributed by atoms with E-state index in [-0.39, 0.29) is 6.10 Å². The number of benzene rings is 1. The third kappa shape index (κ3) is 1.89. The number of oxime groups is 1. The van der Waals surface area contributed by atoms with Crippen molar-refractivity contribution in [2.45, 2.75) is 26.9 Å². The zero-order valence-electron chi connectivity index (χ0n) is 9.47. The highest BCUT2D eigenvalue weighted by Gasteiger charge is 2.33. The summed E-state index contributed by atoms with van der Waals surface area (Å²) in [6.45, 7) is 6.52. The van der Waals surface area contributed by atoms with Crippen LogP contribution in [-0.4, -0.2) is 11.8 Å². The van der Waals surface area contributed by atoms with Gasteiger partial charge in [0.1, 0.15) is 6.10 Å². The van der Waals surface area contributed by atoms with E-state index in [1.165, 1.54) is 5.56 Å². The van der Waals surface area contributed by atoms with Crippen molar-refractivity contribution in [1.82, 2.24) is 0 Å². The van der Waals surface area contributed by atoms with E-state index in [2.05, 4.69) is 38.1 Å². The highest BCUT2D eigenvalue weighted by Crippen LogP contribution is 2.28. The molecule has 2 rings (SSSR count). The van der Waals surface area contributed by atoms with E-state index in [4.69, 9.17) is 4.84 Å². The maximum Gasteiger partial charge on any atom is 0.133 e. The lowest BCUT2D eigenvalue weighted by atomic mass is 9.84. The molecule has 1 aromatic carbocycles. The fourth-order valence-corrected chi connectivity index (χ4v) is 2.20. The van der Waals surface area contributed by atoms with Gasteiger partial charge in [-0.25, -0.2) is 0 Å². The average molecular weight is 203 g/mol. The smallest absolute Gasteiger partial charge is 0.133 e. The first-order valence-electron chi connectivity index (χ1n) is 5.49. The van der Waals surface area contributed by atoms with Gasteiger partial charge < -0.3 is 4.84 Å². The molecule has 0 N–H and O–H groups in total. The summed E-state index contributed by atoms with van der Waals surface area (Å²) in [7, 11) is 0. The average Bonchev–Trinajstić information content (AvgIpc) is 2.61. The fourth-order valence-electron chi connectivity index (χ4n) is 2.20. The summed E-state index contributed by atoms with van der Waals surface area (Å²) in [6.07, 6.45) is 0.195. The Labute approximate surface area is 90.9 Å². The van der Waals surface area contributed by atoms with Gasteiger partial charge in [0.05, 0.1) is 5.71 Å². The first kappa shape index (κ1) is 10.2. The molecule has 0 fully saturated rings. The van der Waals surface area contributed by atoms with E-state index in [9.17, 15) is 0 Å². The van der Waals surface area contributed by atoms with Crippen LogP contribution in [-0.2, 0) is 4.84 Å². The molecule has 0 bridgehead atoms. The lowest BCUT2D eigenvalue weighted by molar-refractivity contribution is 0.0654. The van der Waals surface area contributed by atoms with Crippen molar-refractivity contribution in [3.8, 4) is 0 Å². The molecular formula is C13H17NO. The van der Waals surface area contributed by atoms with Crippen LogP contribution >= 0.6 is 0 Å². The molecule has 2 atom stereocenters. The van der Waals surface area contributed by atoms with Gasteiger partial charge in [-0.05, 0) is 18.4 Å². The summed E-state index contributed by atoms with van der Waals surface area (Å²) < 4.78 is 0. The maximum atomic E-state index is 5.38. The van der Waals surface area contributed by atoms with E-state index in [0.29, 0.717) is 11.8 Å². The van der Waals surface area contributed by atoms with Crippen molar-refractivity contribution in [1.29, 1.82) is 0 Å². The first-order valence-corrected chi connectivity index (χ1v) is 5.49. The lowest BCUT2D eigenvalue weighted by Gasteiger charge is -2.19. The van der Waals surface area contributed by atoms with Crippen LogP contribution < -0.4 is 0 Å². The Kier molecular flexibility index (Phi) is 2.76. The molecule has 15 heavy (non-hydrogen) atoms. The van der Waals surface area contributed by atoms with E-state index >= 15 is 0 Å². The molecule has 2 unspecified atom stereocenters. The number of hydrogen-bond acceptors (Lipinski definition) is 2. The Balaban J connectivity index is 2.30. The largest absolute Gasteiger partial charge is 0.392 e. The van der Waals surface area contributed by atoms with Gasteiger partial charge >= 0.3 is 0 Å². The van der Waals surface area contributed by atoms with E-state index in [0.717, 1.165) is 5.71 Å². The molecule has 0 saturated carbocycles. The second-order valence-electron chi connectivity index (χ2n) is 4.42. The van der Waals surface area contributed by atoms with Crippen LogP contribution in [0.5, 0.6) is 0 Å². The minimum atomic E-state index is 0.195. The van der Waals surface area contributed by atoms with Crippen LogP contribution in [0.3, 0.4) is 0 Å². The monoisotopic (exact) mass is 203 g/mol. The molecule has 0 spiro atoms. The molecule has 2 heteroatoms. The predicted molar refractivity (Wildman–Crippen MR) is 61.9 cm³/mol. The van der Waals surface area contributed by atoms with Gasteiger partial charge in [-0.3, -0.25) is 0 Å². The minimum Gasteiger partial charge on any atom is -0.392 e. The molecule has 0 amide bonds. The SMILES string of the molecule is CC(C)C1C(c2ccccc2)=NOC1C. The summed E-state index contributed by atoms with van der Waals surface area (Å²) in [5, 5.41) is 4.21. The molecule has 0 saturated heterocycles. The molecule has 80 valence electrons. The molecule has 0 aliphatic carbocycles. The van der Waals surface area contributed by atoms with Gasteiger partial charge in [0.15, 0.2) is 0 Å². The van der Waals surface area contributed by atoms with Crippen LogP contribution in [0.15, 0.2) is 35.5 Å². The second kappa shape index (κ2) is 4.05. The minimum absolute atomic E-state index is 0.195. The molecule has 0 radical (unpaired) electrons. The predicted octanol–water partition coefficient (Wildman–Crippen LogP) is 3.08. The van der Waals surface area contributed by atoms with Crippen LogP contribution in [0.4, 0.5) is 0 Å². The Morgan fingerprint density at radius 1 is 1.20 bits per heavy atom. The van der Waals surface area contributed by atoms with Crippen LogP contribution in [0.2, 0.25) is 0 Å². The maximum absolute atomic E-state index is 5.38. The lowest BCUT2D eigenvalue weighted by Crippen LogP contribution is -2.26. The molecule has 0 aromatic heterocycles. The Morgan fingerprint density at radius 2 is 1.87 bits per heavy atom. The Hall–Kier alpha value is -1.31. The topological polar surface area (TPSA) is 21.6 Å². The van der Waals surface area contributed by atoms with Crippen molar-refractivity contribution in [3.05, 3.63) is 35.9 Å². The molecule has 1 aliphatic rings. The zero-order chi connectivity index (χ0) is 10.8. The van der Waals surface area contributed by atoms with E-state index in [1.54, 1.807) is 0 Å². The van der Waals surface area contributed by atoms with Crippen molar-refractivity contribution < 1.29 is 4.84 Å². The Morgan fingerprint density at radius 3 is 2.47 bits per heavy atom. The van der Waals surface area contributed by atoms with Gasteiger partial charge in [-0.2, -0.15) is 0 Å². The third-order valence-corrected chi connectivity index (χ3v) is 2.93. The molecule has 1 heterocycles. The second-order valence-corrected chi connectivity index (χ2v) is 4.42. The summed E-state index contributed by atoms with van der Waals surface area (Å²) in [5.74, 6) is 0.967. The van der Waals surface area contributed by atoms with Gasteiger partial charge in [-0.15, -0.1) is 0 Å². The highest BCUT2D eigenvalue weighted by atomic mass is 16.6. The van der Waals surface area contributed by atoms with Gasteiger partial charge in [0, 0.05) is 5.92 Å². The van der Waals surface area contributed by atoms with E-state index < -0.39 is 0 Å². The van der Waals surface area contributed by atoms with E-state index in [1.807, 2.05) is 18.2 Å². The number of nitrogens with zero attached hydrogens (tertiary/aromatic N) is 1. The summed E-state index contributed by atoms with van der Waals surface area (Å²) in [4.78, 5) is 5.38. The molecule has 1 aromatic rings. The van der Waals surface area contributed by atoms with Gasteiger partial charge in [0.25, 0.3) is 0 Å². The standard InChI is InChI=1S/C13H17NO/c1-9(2)12-10(3)15-14-13(12)11-7-5-4-6-8-11/h4-10,12H,1-3H3. The van der Waals surface area contributed by atoms with Gasteiger partial charge in [0.2, 0.25) is 0 Å². The van der Waals surface area contributed by atoms with Crippen LogP contribution in [0.25, 0.3) is 0 Å². The number of rotatable bonds is 2. The highest BCUT2D eigenvalue weighted by molar-refractivity contribution is 6.03. The first-order chi connectivity index (χ1) is 7.20. The van der Waals surface area contributed by atoms with Gasteiger partial charge in [-0.1, -0.05) is 49.3 Å². The number of hydrogen-bond donors (Lipinski definition) is 0. The molecule has 2 nitrogen and oxygen atoms in total.